The van der Waals surface area contributed by atoms with Crippen molar-refractivity contribution in [2.75, 3.05) is 0 Å². The zero-order valence-electron chi connectivity index (χ0n) is 6.87. The second-order valence-corrected chi connectivity index (χ2v) is 4.59. The quantitative estimate of drug-likeness (QED) is 0.774. The maximum atomic E-state index is 13.1. The largest absolute Gasteiger partial charge is 0.489 e. The Labute approximate surface area is 92.3 Å². The molecule has 0 unspecified atom stereocenters. The lowest BCUT2D eigenvalue weighted by molar-refractivity contribution is 0.426. The van der Waals surface area contributed by atoms with Crippen LogP contribution in [0, 0.1) is 5.82 Å². The third-order valence-electron chi connectivity index (χ3n) is 1.92. The Morgan fingerprint density at radius 1 is 1.36 bits per heavy atom. The smallest absolute Gasteiger partial charge is 0.423 e. The van der Waals surface area contributed by atoms with Crippen molar-refractivity contribution in [3.63, 3.8) is 0 Å². The van der Waals surface area contributed by atoms with Crippen molar-refractivity contribution in [3.05, 3.63) is 27.8 Å². The molecule has 1 aromatic heterocycles. The molecule has 0 aliphatic carbocycles. The summed E-state index contributed by atoms with van der Waals surface area (Å²) in [6, 6.07) is 2.92. The summed E-state index contributed by atoms with van der Waals surface area (Å²) in [5.74, 6) is -0.349. The Morgan fingerprint density at radius 3 is 2.71 bits per heavy atom. The van der Waals surface area contributed by atoms with E-state index in [1.165, 1.54) is 17.4 Å². The van der Waals surface area contributed by atoms with E-state index in [2.05, 4.69) is 15.9 Å². The lowest BCUT2D eigenvalue weighted by Gasteiger charge is -1.98. The Bertz CT molecular complexity index is 485. The van der Waals surface area contributed by atoms with E-state index in [0.717, 1.165) is 0 Å². The second-order valence-electron chi connectivity index (χ2n) is 2.83. The molecular weight excluding hydrogens is 270 g/mol. The molecule has 2 rings (SSSR count). The van der Waals surface area contributed by atoms with E-state index in [1.807, 2.05) is 0 Å². The van der Waals surface area contributed by atoms with Gasteiger partial charge in [0.25, 0.3) is 0 Å². The SMILES string of the molecule is OB(O)c1csc2cc(F)c(Br)cc12. The number of hydrogen-bond donors (Lipinski definition) is 2. The Morgan fingerprint density at radius 2 is 2.07 bits per heavy atom. The molecule has 2 nitrogen and oxygen atoms in total. The summed E-state index contributed by atoms with van der Waals surface area (Å²) in [6.07, 6.45) is 0. The molecule has 72 valence electrons. The van der Waals surface area contributed by atoms with Gasteiger partial charge in [-0.25, -0.2) is 4.39 Å². The van der Waals surface area contributed by atoms with Crippen molar-refractivity contribution in [2.45, 2.75) is 0 Å². The van der Waals surface area contributed by atoms with Crippen LogP contribution in [0.4, 0.5) is 4.39 Å². The minimum absolute atomic E-state index is 0.324. The van der Waals surface area contributed by atoms with Crippen LogP contribution in [0.25, 0.3) is 10.1 Å². The van der Waals surface area contributed by atoms with E-state index in [-0.39, 0.29) is 5.82 Å². The zero-order valence-corrected chi connectivity index (χ0v) is 9.27. The fourth-order valence-corrected chi connectivity index (χ4v) is 2.56. The topological polar surface area (TPSA) is 40.5 Å². The van der Waals surface area contributed by atoms with Gasteiger partial charge in [-0.1, -0.05) is 0 Å². The number of thiophene rings is 1. The Balaban J connectivity index is 2.74. The fourth-order valence-electron chi connectivity index (χ4n) is 1.24. The summed E-state index contributed by atoms with van der Waals surface area (Å²) in [5.41, 5.74) is 0.408. The number of fused-ring (bicyclic) bond motifs is 1. The molecule has 0 saturated carbocycles. The van der Waals surface area contributed by atoms with Crippen LogP contribution in [0.3, 0.4) is 0 Å². The fraction of sp³-hybridized carbons (Fsp3) is 0. The maximum absolute atomic E-state index is 13.1. The summed E-state index contributed by atoms with van der Waals surface area (Å²) >= 11 is 4.33. The van der Waals surface area contributed by atoms with Crippen molar-refractivity contribution >= 4 is 49.9 Å². The first kappa shape index (κ1) is 10.1. The van der Waals surface area contributed by atoms with E-state index in [1.54, 1.807) is 11.4 Å². The first-order valence-electron chi connectivity index (χ1n) is 3.82. The molecule has 2 N–H and O–H groups in total. The molecular formula is C8H5BBrFO2S. The van der Waals surface area contributed by atoms with Crippen molar-refractivity contribution in [3.8, 4) is 0 Å². The van der Waals surface area contributed by atoms with Crippen LogP contribution >= 0.6 is 27.3 Å². The Kier molecular flexibility index (Phi) is 2.61. The average Bonchev–Trinajstić information content (AvgIpc) is 2.48. The highest BCUT2D eigenvalue weighted by Gasteiger charge is 2.17. The number of hydrogen-bond acceptors (Lipinski definition) is 3. The van der Waals surface area contributed by atoms with E-state index in [0.29, 0.717) is 20.0 Å². The van der Waals surface area contributed by atoms with Gasteiger partial charge in [0.05, 0.1) is 4.47 Å². The summed E-state index contributed by atoms with van der Waals surface area (Å²) in [6.45, 7) is 0. The number of rotatable bonds is 1. The lowest BCUT2D eigenvalue weighted by atomic mass is 9.80. The van der Waals surface area contributed by atoms with Gasteiger partial charge in [0.15, 0.2) is 0 Å². The van der Waals surface area contributed by atoms with Gasteiger partial charge < -0.3 is 10.0 Å². The van der Waals surface area contributed by atoms with Crippen LogP contribution in [0.2, 0.25) is 0 Å². The van der Waals surface area contributed by atoms with Gasteiger partial charge in [-0.15, -0.1) is 11.3 Å². The van der Waals surface area contributed by atoms with Gasteiger partial charge in [0.2, 0.25) is 0 Å². The van der Waals surface area contributed by atoms with Crippen molar-refractivity contribution < 1.29 is 14.4 Å². The predicted molar refractivity (Wildman–Crippen MR) is 59.3 cm³/mol. The van der Waals surface area contributed by atoms with Gasteiger partial charge in [-0.3, -0.25) is 0 Å². The molecule has 0 fully saturated rings. The van der Waals surface area contributed by atoms with E-state index >= 15 is 0 Å². The third kappa shape index (κ3) is 1.59. The second kappa shape index (κ2) is 3.62. The first-order chi connectivity index (χ1) is 6.59. The third-order valence-corrected chi connectivity index (χ3v) is 3.50. The monoisotopic (exact) mass is 274 g/mol. The minimum atomic E-state index is -1.51. The van der Waals surface area contributed by atoms with E-state index in [4.69, 9.17) is 10.0 Å². The molecule has 0 atom stereocenters. The summed E-state index contributed by atoms with van der Waals surface area (Å²) < 4.78 is 14.1. The summed E-state index contributed by atoms with van der Waals surface area (Å²) in [7, 11) is -1.51. The van der Waals surface area contributed by atoms with Crippen LogP contribution in [0.5, 0.6) is 0 Å². The normalized spacial score (nSPS) is 10.9. The molecule has 14 heavy (non-hydrogen) atoms. The van der Waals surface area contributed by atoms with E-state index in [9.17, 15) is 4.39 Å². The molecule has 2 aromatic rings. The van der Waals surface area contributed by atoms with Crippen LogP contribution < -0.4 is 5.46 Å². The minimum Gasteiger partial charge on any atom is -0.423 e. The molecule has 0 amide bonds. The summed E-state index contributed by atoms with van der Waals surface area (Å²) in [4.78, 5) is 0. The molecule has 0 spiro atoms. The van der Waals surface area contributed by atoms with Gasteiger partial charge in [0.1, 0.15) is 5.82 Å². The van der Waals surface area contributed by atoms with Gasteiger partial charge in [-0.05, 0) is 38.8 Å². The van der Waals surface area contributed by atoms with Crippen molar-refractivity contribution in [1.82, 2.24) is 0 Å². The number of benzene rings is 1. The van der Waals surface area contributed by atoms with Crippen LogP contribution in [0.1, 0.15) is 0 Å². The predicted octanol–water partition coefficient (Wildman–Crippen LogP) is 1.48. The van der Waals surface area contributed by atoms with Crippen molar-refractivity contribution in [2.24, 2.45) is 0 Å². The van der Waals surface area contributed by atoms with Gasteiger partial charge >= 0.3 is 7.12 Å². The highest BCUT2D eigenvalue weighted by Crippen LogP contribution is 2.26. The molecule has 1 aromatic carbocycles. The van der Waals surface area contributed by atoms with E-state index < -0.39 is 7.12 Å². The maximum Gasteiger partial charge on any atom is 0.489 e. The van der Waals surface area contributed by atoms with Crippen LogP contribution in [-0.2, 0) is 0 Å². The molecule has 0 saturated heterocycles. The standard InChI is InChI=1S/C8H5BBrFO2S/c10-6-1-4-5(9(12)13)3-14-8(4)2-7(6)11/h1-3,12-13H. The summed E-state index contributed by atoms with van der Waals surface area (Å²) in [5, 5.41) is 20.3. The molecule has 0 bridgehead atoms. The van der Waals surface area contributed by atoms with Gasteiger partial charge in [0, 0.05) is 10.2 Å². The first-order valence-corrected chi connectivity index (χ1v) is 5.49. The molecule has 6 heteroatoms. The van der Waals surface area contributed by atoms with Crippen LogP contribution in [0.15, 0.2) is 22.0 Å². The van der Waals surface area contributed by atoms with Crippen molar-refractivity contribution in [1.29, 1.82) is 0 Å². The van der Waals surface area contributed by atoms with Crippen LogP contribution in [-0.4, -0.2) is 17.2 Å². The Hall–Kier alpha value is -0.425. The number of halogens is 2. The zero-order chi connectivity index (χ0) is 10.3. The molecule has 0 aliphatic rings. The van der Waals surface area contributed by atoms with Gasteiger partial charge in [-0.2, -0.15) is 0 Å². The highest BCUT2D eigenvalue weighted by molar-refractivity contribution is 9.10. The average molecular weight is 275 g/mol. The lowest BCUT2D eigenvalue weighted by Crippen LogP contribution is -2.28. The highest BCUT2D eigenvalue weighted by atomic mass is 79.9. The molecule has 0 radical (unpaired) electrons. The molecule has 1 heterocycles. The molecule has 0 aliphatic heterocycles.